The van der Waals surface area contributed by atoms with E-state index < -0.39 is 0 Å². The second kappa shape index (κ2) is 8.59. The van der Waals surface area contributed by atoms with Crippen LogP contribution in [0.3, 0.4) is 0 Å². The first-order valence-corrected chi connectivity index (χ1v) is 7.93. The third-order valence-corrected chi connectivity index (χ3v) is 3.48. The highest BCUT2D eigenvalue weighted by molar-refractivity contribution is 5.88. The van der Waals surface area contributed by atoms with Crippen LogP contribution >= 0.6 is 0 Å². The Balaban J connectivity index is 2.81. The molecular weight excluding hydrogens is 292 g/mol. The van der Waals surface area contributed by atoms with Crippen molar-refractivity contribution in [2.24, 2.45) is 0 Å². The minimum absolute atomic E-state index is 0.841. The van der Waals surface area contributed by atoms with Crippen molar-refractivity contribution >= 4 is 22.2 Å². The third kappa shape index (κ3) is 3.85. The van der Waals surface area contributed by atoms with E-state index in [9.17, 15) is 0 Å². The molecule has 0 fully saturated rings. The van der Waals surface area contributed by atoms with Crippen molar-refractivity contribution in [3.8, 4) is 0 Å². The molecule has 0 amide bonds. The van der Waals surface area contributed by atoms with Crippen molar-refractivity contribution in [1.29, 1.82) is 0 Å². The summed E-state index contributed by atoms with van der Waals surface area (Å²) in [5.41, 5.74) is 5.42. The number of hydrogen-bond donors (Lipinski definition) is 0. The van der Waals surface area contributed by atoms with Crippen LogP contribution in [0.15, 0.2) is 86.0 Å². The average molecular weight is 314 g/mol. The van der Waals surface area contributed by atoms with E-state index in [1.807, 2.05) is 74.6 Å². The molecule has 0 N–H and O–H groups in total. The van der Waals surface area contributed by atoms with E-state index in [-0.39, 0.29) is 0 Å². The molecule has 0 unspecified atom stereocenters. The number of para-hydroxylation sites is 2. The molecule has 0 aliphatic heterocycles. The van der Waals surface area contributed by atoms with E-state index in [2.05, 4.69) is 13.2 Å². The molecule has 0 saturated carbocycles. The Morgan fingerprint density at radius 3 is 2.00 bits per heavy atom. The van der Waals surface area contributed by atoms with Crippen molar-refractivity contribution in [1.82, 2.24) is 9.97 Å². The van der Waals surface area contributed by atoms with Gasteiger partial charge in [-0.1, -0.05) is 73.9 Å². The quantitative estimate of drug-likeness (QED) is 0.618. The summed E-state index contributed by atoms with van der Waals surface area (Å²) in [6.45, 7) is 11.5. The fourth-order valence-corrected chi connectivity index (χ4v) is 2.41. The third-order valence-electron chi connectivity index (χ3n) is 3.48. The normalized spacial score (nSPS) is 13.1. The largest absolute Gasteiger partial charge is 0.244 e. The molecule has 0 radical (unpaired) electrons. The van der Waals surface area contributed by atoms with E-state index in [4.69, 9.17) is 9.97 Å². The van der Waals surface area contributed by atoms with Crippen molar-refractivity contribution < 1.29 is 0 Å². The summed E-state index contributed by atoms with van der Waals surface area (Å²) in [6.07, 6.45) is 15.4. The Bertz CT molecular complexity index is 865. The minimum atomic E-state index is 0.841. The summed E-state index contributed by atoms with van der Waals surface area (Å²) in [6, 6.07) is 7.90. The van der Waals surface area contributed by atoms with E-state index in [0.29, 0.717) is 0 Å². The van der Waals surface area contributed by atoms with Crippen LogP contribution in [-0.4, -0.2) is 9.97 Å². The van der Waals surface area contributed by atoms with Crippen LogP contribution in [0.4, 0.5) is 0 Å². The summed E-state index contributed by atoms with van der Waals surface area (Å²) in [4.78, 5) is 9.72. The molecule has 2 nitrogen and oxygen atoms in total. The van der Waals surface area contributed by atoms with Crippen LogP contribution < -0.4 is 0 Å². The zero-order chi connectivity index (χ0) is 17.4. The fourth-order valence-electron chi connectivity index (χ4n) is 2.41. The van der Waals surface area contributed by atoms with Gasteiger partial charge in [0.2, 0.25) is 0 Å². The van der Waals surface area contributed by atoms with Crippen molar-refractivity contribution in [2.75, 3.05) is 0 Å². The molecule has 0 spiro atoms. The number of allylic oxidation sites excluding steroid dienone is 10. The molecule has 1 heterocycles. The van der Waals surface area contributed by atoms with E-state index in [1.165, 1.54) is 0 Å². The number of hydrogen-bond acceptors (Lipinski definition) is 2. The van der Waals surface area contributed by atoms with Gasteiger partial charge >= 0.3 is 0 Å². The molecule has 0 bridgehead atoms. The monoisotopic (exact) mass is 314 g/mol. The molecule has 0 aliphatic carbocycles. The molecule has 120 valence electrons. The average Bonchev–Trinajstić information content (AvgIpc) is 2.61. The fraction of sp³-hybridized carbons (Fsp3) is 0.0909. The summed E-state index contributed by atoms with van der Waals surface area (Å²) in [7, 11) is 0. The summed E-state index contributed by atoms with van der Waals surface area (Å²) in [5.74, 6) is 0. The lowest BCUT2D eigenvalue weighted by Gasteiger charge is -2.11. The van der Waals surface area contributed by atoms with Gasteiger partial charge in [0.15, 0.2) is 0 Å². The van der Waals surface area contributed by atoms with Gasteiger partial charge in [-0.2, -0.15) is 0 Å². The predicted molar refractivity (Wildman–Crippen MR) is 106 cm³/mol. The highest BCUT2D eigenvalue weighted by Gasteiger charge is 2.13. The molecule has 24 heavy (non-hydrogen) atoms. The number of rotatable bonds is 6. The molecule has 0 atom stereocenters. The lowest BCUT2D eigenvalue weighted by Crippen LogP contribution is -2.00. The van der Waals surface area contributed by atoms with Gasteiger partial charge in [-0.3, -0.25) is 0 Å². The Hall–Kier alpha value is -3.00. The van der Waals surface area contributed by atoms with Crippen LogP contribution in [0, 0.1) is 0 Å². The molecule has 0 saturated heterocycles. The highest BCUT2D eigenvalue weighted by Crippen LogP contribution is 2.27. The van der Waals surface area contributed by atoms with Gasteiger partial charge in [0.25, 0.3) is 0 Å². The van der Waals surface area contributed by atoms with Crippen LogP contribution in [0.2, 0.25) is 0 Å². The van der Waals surface area contributed by atoms with Gasteiger partial charge in [0.1, 0.15) is 0 Å². The molecular formula is C22H22N2. The lowest BCUT2D eigenvalue weighted by atomic mass is 10.0. The van der Waals surface area contributed by atoms with Gasteiger partial charge in [-0.25, -0.2) is 9.97 Å². The summed E-state index contributed by atoms with van der Waals surface area (Å²) < 4.78 is 0. The van der Waals surface area contributed by atoms with Gasteiger partial charge in [0, 0.05) is 5.57 Å². The first kappa shape index (κ1) is 17.4. The van der Waals surface area contributed by atoms with Crippen molar-refractivity contribution in [3.63, 3.8) is 0 Å². The van der Waals surface area contributed by atoms with Gasteiger partial charge in [0.05, 0.1) is 22.4 Å². The van der Waals surface area contributed by atoms with E-state index >= 15 is 0 Å². The SMILES string of the molecule is C=C/C=C\C(=C/C)c1nc2ccccc2nc1C(/C=C\C)=C/C=C. The smallest absolute Gasteiger partial charge is 0.0972 e. The van der Waals surface area contributed by atoms with Crippen LogP contribution in [0.25, 0.3) is 22.2 Å². The molecule has 1 aromatic heterocycles. The van der Waals surface area contributed by atoms with E-state index in [1.54, 1.807) is 12.2 Å². The molecule has 2 rings (SSSR count). The van der Waals surface area contributed by atoms with Crippen LogP contribution in [0.1, 0.15) is 25.2 Å². The van der Waals surface area contributed by atoms with Gasteiger partial charge in [-0.15, -0.1) is 0 Å². The maximum Gasteiger partial charge on any atom is 0.0972 e. The topological polar surface area (TPSA) is 25.8 Å². The standard InChI is InChI=1S/C22H22N2/c1-5-9-14-17(8-4)21-22(18(12-6-2)13-7-3)24-20-16-11-10-15-19(20)23-21/h5-16H,1-2H2,3-4H3/b13-7-,14-9-,17-8+,18-12+. The number of nitrogens with zero attached hydrogens (tertiary/aromatic N) is 2. The van der Waals surface area contributed by atoms with Crippen LogP contribution in [-0.2, 0) is 0 Å². The number of aromatic nitrogens is 2. The zero-order valence-corrected chi connectivity index (χ0v) is 14.2. The predicted octanol–water partition coefficient (Wildman–Crippen LogP) is 5.92. The molecule has 2 aromatic rings. The van der Waals surface area contributed by atoms with Gasteiger partial charge < -0.3 is 0 Å². The molecule has 2 heteroatoms. The van der Waals surface area contributed by atoms with Crippen molar-refractivity contribution in [2.45, 2.75) is 13.8 Å². The second-order valence-electron chi connectivity index (χ2n) is 5.11. The zero-order valence-electron chi connectivity index (χ0n) is 14.2. The minimum Gasteiger partial charge on any atom is -0.244 e. The summed E-state index contributed by atoms with van der Waals surface area (Å²) in [5, 5.41) is 0. The maximum atomic E-state index is 4.86. The maximum absolute atomic E-state index is 4.86. The first-order valence-electron chi connectivity index (χ1n) is 7.93. The second-order valence-corrected chi connectivity index (χ2v) is 5.11. The number of benzene rings is 1. The van der Waals surface area contributed by atoms with Gasteiger partial charge in [-0.05, 0) is 31.6 Å². The van der Waals surface area contributed by atoms with Crippen LogP contribution in [0.5, 0.6) is 0 Å². The Labute approximate surface area is 144 Å². The molecule has 1 aromatic carbocycles. The number of fused-ring (bicyclic) bond motifs is 1. The Morgan fingerprint density at radius 2 is 1.50 bits per heavy atom. The highest BCUT2D eigenvalue weighted by atomic mass is 14.8. The first-order chi connectivity index (χ1) is 11.7. The molecule has 0 aliphatic rings. The van der Waals surface area contributed by atoms with Crippen molar-refractivity contribution in [3.05, 3.63) is 97.4 Å². The van der Waals surface area contributed by atoms with E-state index in [0.717, 1.165) is 33.6 Å². The summed E-state index contributed by atoms with van der Waals surface area (Å²) >= 11 is 0. The lowest BCUT2D eigenvalue weighted by molar-refractivity contribution is 1.21. The Morgan fingerprint density at radius 1 is 0.875 bits per heavy atom. The Kier molecular flexibility index (Phi) is 6.21.